The first-order chi connectivity index (χ1) is 23.9. The first-order valence-electron chi connectivity index (χ1n) is 17.0. The molecule has 9 heteroatoms. The van der Waals surface area contributed by atoms with Crippen molar-refractivity contribution in [2.75, 3.05) is 13.1 Å². The third kappa shape index (κ3) is 11.2. The molecule has 9 nitrogen and oxygen atoms in total. The number of carbonyl (C=O) groups is 2. The van der Waals surface area contributed by atoms with Gasteiger partial charge in [0.1, 0.15) is 30.5 Å². The third-order valence-electron chi connectivity index (χ3n) is 8.92. The summed E-state index contributed by atoms with van der Waals surface area (Å²) in [6, 6.07) is 24.5. The van der Waals surface area contributed by atoms with Gasteiger partial charge in [0, 0.05) is 32.6 Å². The van der Waals surface area contributed by atoms with Crippen LogP contribution < -0.4 is 20.1 Å². The van der Waals surface area contributed by atoms with Crippen molar-refractivity contribution >= 4 is 11.8 Å². The minimum absolute atomic E-state index is 0.0241. The SMILES string of the molecule is CC(=O)C[C@H](O)CNCc1ccc(OCc2cccc(-c3cccc(COc4ccc(CNC[C@@H](O)CC(=O)O)c(C)c4)c3C)c2C)cc1C. The highest BCUT2D eigenvalue weighted by molar-refractivity contribution is 5.76. The van der Waals surface area contributed by atoms with Crippen LogP contribution in [-0.4, -0.2) is 52.4 Å². The monoisotopic (exact) mass is 682 g/mol. The summed E-state index contributed by atoms with van der Waals surface area (Å²) < 4.78 is 12.5. The third-order valence-corrected chi connectivity index (χ3v) is 8.92. The fourth-order valence-corrected chi connectivity index (χ4v) is 5.92. The highest BCUT2D eigenvalue weighted by Gasteiger charge is 2.14. The van der Waals surface area contributed by atoms with Crippen LogP contribution in [0.5, 0.6) is 11.5 Å². The van der Waals surface area contributed by atoms with E-state index in [-0.39, 0.29) is 25.2 Å². The summed E-state index contributed by atoms with van der Waals surface area (Å²) in [6.45, 7) is 12.3. The van der Waals surface area contributed by atoms with E-state index in [0.29, 0.717) is 32.8 Å². The van der Waals surface area contributed by atoms with Crippen molar-refractivity contribution in [3.63, 3.8) is 0 Å². The summed E-state index contributed by atoms with van der Waals surface area (Å²) in [4.78, 5) is 22.0. The van der Waals surface area contributed by atoms with E-state index in [1.807, 2.05) is 50.2 Å². The molecule has 0 aromatic heterocycles. The summed E-state index contributed by atoms with van der Waals surface area (Å²) in [5.41, 5.74) is 11.1. The fraction of sp³-hybridized carbons (Fsp3) is 0.366. The number of ketones is 1. The molecule has 0 unspecified atom stereocenters. The van der Waals surface area contributed by atoms with Crippen molar-refractivity contribution in [3.8, 4) is 22.6 Å². The Morgan fingerprint density at radius 1 is 0.640 bits per heavy atom. The molecular formula is C41H50N2O7. The normalized spacial score (nSPS) is 12.4. The van der Waals surface area contributed by atoms with Crippen molar-refractivity contribution in [1.29, 1.82) is 0 Å². The standard InChI is InChI=1S/C41H50N2O7/c1-26-16-37(14-12-31(26)20-42-22-35(45)18-28(3)44)49-24-33-8-6-10-39(29(33)4)40-11-7-9-34(30(40)5)25-50-38-15-13-32(27(2)17-38)21-43-23-36(46)19-41(47)48/h6-17,35-36,42-43,45-46H,18-25H2,1-5H3,(H,47,48)/t35-,36-/m0/s1. The molecule has 0 spiro atoms. The molecule has 0 saturated heterocycles. The van der Waals surface area contributed by atoms with E-state index in [2.05, 4.69) is 60.9 Å². The van der Waals surface area contributed by atoms with Gasteiger partial charge in [-0.05, 0) is 115 Å². The molecular weight excluding hydrogens is 632 g/mol. The van der Waals surface area contributed by atoms with Crippen LogP contribution in [0.15, 0.2) is 72.8 Å². The van der Waals surface area contributed by atoms with Gasteiger partial charge in [0.05, 0.1) is 18.6 Å². The molecule has 0 aliphatic heterocycles. The molecule has 0 saturated carbocycles. The number of hydrogen-bond donors (Lipinski definition) is 5. The molecule has 0 radical (unpaired) electrons. The van der Waals surface area contributed by atoms with Gasteiger partial charge in [-0.15, -0.1) is 0 Å². The molecule has 0 bridgehead atoms. The van der Waals surface area contributed by atoms with Gasteiger partial charge in [0.25, 0.3) is 0 Å². The zero-order valence-electron chi connectivity index (χ0n) is 29.7. The van der Waals surface area contributed by atoms with Crippen LogP contribution in [0, 0.1) is 27.7 Å². The fourth-order valence-electron chi connectivity index (χ4n) is 5.92. The van der Waals surface area contributed by atoms with Gasteiger partial charge in [-0.25, -0.2) is 0 Å². The van der Waals surface area contributed by atoms with Gasteiger partial charge >= 0.3 is 5.97 Å². The minimum Gasteiger partial charge on any atom is -0.489 e. The van der Waals surface area contributed by atoms with Crippen LogP contribution in [0.3, 0.4) is 0 Å². The van der Waals surface area contributed by atoms with Crippen molar-refractivity contribution in [1.82, 2.24) is 10.6 Å². The molecule has 0 heterocycles. The Labute approximate surface area is 295 Å². The number of ether oxygens (including phenoxy) is 2. The molecule has 266 valence electrons. The largest absolute Gasteiger partial charge is 0.489 e. The first-order valence-corrected chi connectivity index (χ1v) is 17.0. The molecule has 4 aromatic carbocycles. The predicted molar refractivity (Wildman–Crippen MR) is 195 cm³/mol. The Kier molecular flexibility index (Phi) is 14.1. The first kappa shape index (κ1) is 38.3. The number of carboxylic acid groups (broad SMARTS) is 1. The Balaban J connectivity index is 1.35. The lowest BCUT2D eigenvalue weighted by Crippen LogP contribution is -2.28. The molecule has 0 aliphatic carbocycles. The number of carbonyl (C=O) groups excluding carboxylic acids is 1. The minimum atomic E-state index is -1.02. The molecule has 0 amide bonds. The second-order valence-electron chi connectivity index (χ2n) is 13.0. The number of aliphatic hydroxyl groups is 2. The quantitative estimate of drug-likeness (QED) is 0.0795. The average Bonchev–Trinajstić information content (AvgIpc) is 3.05. The maximum absolute atomic E-state index is 11.2. The van der Waals surface area contributed by atoms with Crippen molar-refractivity contribution in [3.05, 3.63) is 117 Å². The van der Waals surface area contributed by atoms with Gasteiger partial charge in [-0.2, -0.15) is 0 Å². The Morgan fingerprint density at radius 3 is 1.48 bits per heavy atom. The Hall–Kier alpha value is -4.54. The zero-order chi connectivity index (χ0) is 36.2. The second-order valence-corrected chi connectivity index (χ2v) is 13.0. The van der Waals surface area contributed by atoms with E-state index in [1.165, 1.54) is 6.92 Å². The molecule has 0 fully saturated rings. The van der Waals surface area contributed by atoms with E-state index in [0.717, 1.165) is 67.1 Å². The van der Waals surface area contributed by atoms with Gasteiger partial charge in [-0.3, -0.25) is 9.59 Å². The molecule has 2 atom stereocenters. The van der Waals surface area contributed by atoms with Gasteiger partial charge in [0.15, 0.2) is 0 Å². The van der Waals surface area contributed by atoms with Crippen LogP contribution in [0.1, 0.15) is 64.3 Å². The number of benzene rings is 4. The maximum Gasteiger partial charge on any atom is 0.306 e. The van der Waals surface area contributed by atoms with Crippen LogP contribution >= 0.6 is 0 Å². The topological polar surface area (TPSA) is 137 Å². The molecule has 4 aromatic rings. The van der Waals surface area contributed by atoms with Crippen molar-refractivity contribution in [2.24, 2.45) is 0 Å². The summed E-state index contributed by atoms with van der Waals surface area (Å²) in [5, 5.41) is 34.9. The second kappa shape index (κ2) is 18.5. The Bertz CT molecular complexity index is 1640. The van der Waals surface area contributed by atoms with Gasteiger partial charge < -0.3 is 35.4 Å². The summed E-state index contributed by atoms with van der Waals surface area (Å²) >= 11 is 0. The number of aliphatic carboxylic acids is 1. The lowest BCUT2D eigenvalue weighted by molar-refractivity contribution is -0.139. The van der Waals surface area contributed by atoms with Crippen molar-refractivity contribution in [2.45, 2.75) is 86.0 Å². The summed E-state index contributed by atoms with van der Waals surface area (Å²) in [5.74, 6) is 0.509. The lowest BCUT2D eigenvalue weighted by atomic mass is 9.92. The number of hydrogen-bond acceptors (Lipinski definition) is 8. The number of aliphatic hydroxyl groups excluding tert-OH is 2. The van der Waals surface area contributed by atoms with Gasteiger partial charge in [-0.1, -0.05) is 48.5 Å². The molecule has 0 aliphatic rings. The van der Waals surface area contributed by atoms with E-state index in [1.54, 1.807) is 0 Å². The van der Waals surface area contributed by atoms with E-state index in [9.17, 15) is 19.8 Å². The van der Waals surface area contributed by atoms with Gasteiger partial charge in [0.2, 0.25) is 0 Å². The molecule has 5 N–H and O–H groups in total. The van der Waals surface area contributed by atoms with E-state index in [4.69, 9.17) is 14.6 Å². The van der Waals surface area contributed by atoms with E-state index < -0.39 is 18.2 Å². The van der Waals surface area contributed by atoms with Crippen LogP contribution in [-0.2, 0) is 35.9 Å². The molecule has 50 heavy (non-hydrogen) atoms. The smallest absolute Gasteiger partial charge is 0.306 e. The molecule has 4 rings (SSSR count). The predicted octanol–water partition coefficient (Wildman–Crippen LogP) is 6.10. The van der Waals surface area contributed by atoms with Crippen LogP contribution in [0.2, 0.25) is 0 Å². The maximum atomic E-state index is 11.2. The van der Waals surface area contributed by atoms with Crippen LogP contribution in [0.4, 0.5) is 0 Å². The van der Waals surface area contributed by atoms with Crippen LogP contribution in [0.25, 0.3) is 11.1 Å². The lowest BCUT2D eigenvalue weighted by Gasteiger charge is -2.17. The Morgan fingerprint density at radius 2 is 1.08 bits per heavy atom. The number of Topliss-reactive ketones (excluding diaryl/α,β-unsaturated/α-hetero) is 1. The average molecular weight is 683 g/mol. The number of carboxylic acids is 1. The highest BCUT2D eigenvalue weighted by atomic mass is 16.5. The number of rotatable bonds is 19. The highest BCUT2D eigenvalue weighted by Crippen LogP contribution is 2.31. The van der Waals surface area contributed by atoms with E-state index >= 15 is 0 Å². The summed E-state index contributed by atoms with van der Waals surface area (Å²) in [7, 11) is 0. The van der Waals surface area contributed by atoms with Crippen molar-refractivity contribution < 1.29 is 34.4 Å². The zero-order valence-corrected chi connectivity index (χ0v) is 29.7. The summed E-state index contributed by atoms with van der Waals surface area (Å²) in [6.07, 6.45) is -1.74. The number of aryl methyl sites for hydroxylation is 2. The number of nitrogens with one attached hydrogen (secondary N) is 2.